The first kappa shape index (κ1) is 19.4. The topological polar surface area (TPSA) is 43.8 Å². The van der Waals surface area contributed by atoms with E-state index in [1.54, 1.807) is 0 Å². The lowest BCUT2D eigenvalue weighted by Gasteiger charge is -2.34. The number of carbonyl (C=O) groups excluding carboxylic acids is 1. The molecule has 0 bridgehead atoms. The van der Waals surface area contributed by atoms with Gasteiger partial charge in [0.25, 0.3) is 0 Å². The molecule has 2 heterocycles. The molecule has 2 aliphatic heterocycles. The molecule has 2 fully saturated rings. The number of likely N-dealkylation sites (tertiary alicyclic amines) is 2. The average molecular weight is 359 g/mol. The summed E-state index contributed by atoms with van der Waals surface area (Å²) in [4.78, 5) is 16.5. The van der Waals surface area contributed by atoms with Crippen molar-refractivity contribution in [1.29, 1.82) is 0 Å². The van der Waals surface area contributed by atoms with Crippen LogP contribution in [-0.2, 0) is 17.8 Å². The van der Waals surface area contributed by atoms with E-state index in [1.165, 1.54) is 24.0 Å². The van der Waals surface area contributed by atoms with E-state index in [-0.39, 0.29) is 0 Å². The van der Waals surface area contributed by atoms with Gasteiger partial charge in [-0.2, -0.15) is 0 Å². The molecular formula is C22H34N2O2. The Hall–Kier alpha value is -1.39. The molecule has 144 valence electrons. The molecule has 0 aromatic heterocycles. The lowest BCUT2D eigenvalue weighted by Crippen LogP contribution is -2.41. The molecule has 1 unspecified atom stereocenters. The monoisotopic (exact) mass is 358 g/mol. The number of hydrogen-bond acceptors (Lipinski definition) is 3. The van der Waals surface area contributed by atoms with Gasteiger partial charge in [0, 0.05) is 32.6 Å². The minimum atomic E-state index is -0.599. The zero-order chi connectivity index (χ0) is 18.6. The number of carbonyl (C=O) groups is 1. The van der Waals surface area contributed by atoms with E-state index in [1.807, 2.05) is 13.8 Å². The number of aryl methyl sites for hydroxylation is 1. The quantitative estimate of drug-likeness (QED) is 0.814. The van der Waals surface area contributed by atoms with E-state index < -0.39 is 5.60 Å². The molecule has 1 aromatic rings. The van der Waals surface area contributed by atoms with Crippen molar-refractivity contribution in [3.8, 4) is 0 Å². The molecule has 0 aliphatic carbocycles. The number of amides is 1. The molecule has 0 spiro atoms. The number of benzene rings is 1. The zero-order valence-corrected chi connectivity index (χ0v) is 16.4. The van der Waals surface area contributed by atoms with E-state index >= 15 is 0 Å². The van der Waals surface area contributed by atoms with Crippen molar-refractivity contribution in [2.24, 2.45) is 5.92 Å². The lowest BCUT2D eigenvalue weighted by molar-refractivity contribution is -0.128. The van der Waals surface area contributed by atoms with Gasteiger partial charge in [-0.3, -0.25) is 9.69 Å². The van der Waals surface area contributed by atoms with Gasteiger partial charge in [-0.25, -0.2) is 0 Å². The fourth-order valence-corrected chi connectivity index (χ4v) is 4.17. The summed E-state index contributed by atoms with van der Waals surface area (Å²) in [6.07, 6.45) is 5.96. The summed E-state index contributed by atoms with van der Waals surface area (Å²) in [6, 6.07) is 8.86. The third kappa shape index (κ3) is 5.82. The third-order valence-electron chi connectivity index (χ3n) is 5.71. The Morgan fingerprint density at radius 1 is 1.12 bits per heavy atom. The third-order valence-corrected chi connectivity index (χ3v) is 5.71. The van der Waals surface area contributed by atoms with Crippen LogP contribution in [0.15, 0.2) is 24.3 Å². The van der Waals surface area contributed by atoms with Crippen LogP contribution in [0, 0.1) is 5.92 Å². The van der Waals surface area contributed by atoms with Gasteiger partial charge in [0.15, 0.2) is 0 Å². The molecule has 2 saturated heterocycles. The molecule has 1 amide bonds. The van der Waals surface area contributed by atoms with Crippen molar-refractivity contribution in [3.05, 3.63) is 35.4 Å². The Labute approximate surface area is 158 Å². The number of piperidine rings is 1. The highest BCUT2D eigenvalue weighted by atomic mass is 16.3. The van der Waals surface area contributed by atoms with E-state index in [4.69, 9.17) is 0 Å². The summed E-state index contributed by atoms with van der Waals surface area (Å²) in [7, 11) is 0. The summed E-state index contributed by atoms with van der Waals surface area (Å²) in [6.45, 7) is 8.89. The molecule has 4 heteroatoms. The van der Waals surface area contributed by atoms with Crippen LogP contribution >= 0.6 is 0 Å². The van der Waals surface area contributed by atoms with Crippen molar-refractivity contribution >= 4 is 5.91 Å². The van der Waals surface area contributed by atoms with Crippen LogP contribution in [0.2, 0.25) is 0 Å². The van der Waals surface area contributed by atoms with E-state index in [0.717, 1.165) is 58.4 Å². The van der Waals surface area contributed by atoms with E-state index in [2.05, 4.69) is 34.1 Å². The molecule has 0 radical (unpaired) electrons. The molecular weight excluding hydrogens is 324 g/mol. The van der Waals surface area contributed by atoms with Gasteiger partial charge >= 0.3 is 0 Å². The Morgan fingerprint density at radius 3 is 2.50 bits per heavy atom. The van der Waals surface area contributed by atoms with Crippen LogP contribution in [0.4, 0.5) is 0 Å². The molecule has 4 nitrogen and oxygen atoms in total. The Balaban J connectivity index is 1.48. The van der Waals surface area contributed by atoms with Crippen LogP contribution in [0.25, 0.3) is 0 Å². The average Bonchev–Trinajstić information content (AvgIpc) is 2.99. The first-order valence-corrected chi connectivity index (χ1v) is 10.2. The predicted octanol–water partition coefficient (Wildman–Crippen LogP) is 3.22. The van der Waals surface area contributed by atoms with Crippen LogP contribution in [0.5, 0.6) is 0 Å². The van der Waals surface area contributed by atoms with Crippen molar-refractivity contribution in [2.75, 3.05) is 26.2 Å². The van der Waals surface area contributed by atoms with Gasteiger partial charge in [-0.1, -0.05) is 24.3 Å². The number of aliphatic hydroxyl groups is 1. The number of hydrogen-bond donors (Lipinski definition) is 1. The highest BCUT2D eigenvalue weighted by Crippen LogP contribution is 2.22. The normalized spacial score (nSPS) is 22.2. The minimum Gasteiger partial charge on any atom is -0.390 e. The van der Waals surface area contributed by atoms with Crippen LogP contribution in [0.1, 0.15) is 57.1 Å². The van der Waals surface area contributed by atoms with Crippen LogP contribution in [-0.4, -0.2) is 52.6 Å². The Bertz CT molecular complexity index is 591. The maximum absolute atomic E-state index is 11.9. The van der Waals surface area contributed by atoms with Gasteiger partial charge in [0.2, 0.25) is 5.91 Å². The second kappa shape index (κ2) is 8.53. The number of nitrogens with zero attached hydrogens (tertiary/aromatic N) is 2. The summed E-state index contributed by atoms with van der Waals surface area (Å²) >= 11 is 0. The summed E-state index contributed by atoms with van der Waals surface area (Å²) in [5, 5.41) is 9.86. The zero-order valence-electron chi connectivity index (χ0n) is 16.4. The fourth-order valence-electron chi connectivity index (χ4n) is 4.17. The standard InChI is InChI=1S/C22H34N2O2/c1-22(2,26)12-11-18-7-9-19(10-8-18)15-23-13-3-5-20(16-23)17-24-14-4-6-21(24)25/h7-10,20,26H,3-6,11-17H2,1-2H3. The molecule has 0 saturated carbocycles. The van der Waals surface area contributed by atoms with Crippen LogP contribution in [0.3, 0.4) is 0 Å². The Morgan fingerprint density at radius 2 is 1.85 bits per heavy atom. The molecule has 26 heavy (non-hydrogen) atoms. The van der Waals surface area contributed by atoms with Gasteiger partial charge in [-0.15, -0.1) is 0 Å². The smallest absolute Gasteiger partial charge is 0.222 e. The molecule has 1 atom stereocenters. The molecule has 1 aromatic carbocycles. The molecule has 1 N–H and O–H groups in total. The van der Waals surface area contributed by atoms with Gasteiger partial charge < -0.3 is 10.0 Å². The summed E-state index contributed by atoms with van der Waals surface area (Å²) in [5.41, 5.74) is 2.05. The second-order valence-corrected chi connectivity index (χ2v) is 8.82. The molecule has 3 rings (SSSR count). The highest BCUT2D eigenvalue weighted by Gasteiger charge is 2.26. The highest BCUT2D eigenvalue weighted by molar-refractivity contribution is 5.78. The van der Waals surface area contributed by atoms with E-state index in [9.17, 15) is 9.90 Å². The first-order valence-electron chi connectivity index (χ1n) is 10.2. The van der Waals surface area contributed by atoms with Gasteiger partial charge in [0.1, 0.15) is 0 Å². The largest absolute Gasteiger partial charge is 0.390 e. The second-order valence-electron chi connectivity index (χ2n) is 8.82. The van der Waals surface area contributed by atoms with Crippen molar-refractivity contribution < 1.29 is 9.90 Å². The van der Waals surface area contributed by atoms with Gasteiger partial charge in [0.05, 0.1) is 5.60 Å². The Kier molecular flexibility index (Phi) is 6.36. The van der Waals surface area contributed by atoms with Crippen molar-refractivity contribution in [1.82, 2.24) is 9.80 Å². The maximum atomic E-state index is 11.9. The van der Waals surface area contributed by atoms with Gasteiger partial charge in [-0.05, 0) is 69.5 Å². The number of rotatable bonds is 7. The molecule has 2 aliphatic rings. The first-order chi connectivity index (χ1) is 12.4. The van der Waals surface area contributed by atoms with Crippen molar-refractivity contribution in [3.63, 3.8) is 0 Å². The lowest BCUT2D eigenvalue weighted by atomic mass is 9.96. The van der Waals surface area contributed by atoms with E-state index in [0.29, 0.717) is 11.8 Å². The maximum Gasteiger partial charge on any atom is 0.222 e. The SMILES string of the molecule is CC(C)(O)CCc1ccc(CN2CCCC(CN3CCCC3=O)C2)cc1. The fraction of sp³-hybridized carbons (Fsp3) is 0.682. The predicted molar refractivity (Wildman–Crippen MR) is 105 cm³/mol. The minimum absolute atomic E-state index is 0.351. The van der Waals surface area contributed by atoms with Crippen molar-refractivity contribution in [2.45, 2.75) is 64.5 Å². The van der Waals surface area contributed by atoms with Crippen LogP contribution < -0.4 is 0 Å². The summed E-state index contributed by atoms with van der Waals surface area (Å²) < 4.78 is 0. The summed E-state index contributed by atoms with van der Waals surface area (Å²) in [5.74, 6) is 0.973.